The average molecular weight is 201 g/mol. The van der Waals surface area contributed by atoms with Gasteiger partial charge in [-0.2, -0.15) is 0 Å². The Kier molecular flexibility index (Phi) is 3.05. The van der Waals surface area contributed by atoms with Crippen molar-refractivity contribution in [2.24, 2.45) is 5.73 Å². The molecule has 0 fully saturated rings. The number of carbonyl (C=O) groups excluding carboxylic acids is 1. The number of nitrogens with one attached hydrogen (secondary N) is 1. The summed E-state index contributed by atoms with van der Waals surface area (Å²) in [6, 6.07) is -1.78. The number of urea groups is 1. The molecule has 7 heteroatoms. The van der Waals surface area contributed by atoms with E-state index < -0.39 is 24.3 Å². The summed E-state index contributed by atoms with van der Waals surface area (Å²) in [4.78, 5) is 22.5. The first kappa shape index (κ1) is 10.5. The highest BCUT2D eigenvalue weighted by atomic mass is 16.4. The van der Waals surface area contributed by atoms with Crippen molar-refractivity contribution in [1.29, 1.82) is 0 Å². The Morgan fingerprint density at radius 1 is 1.79 bits per heavy atom. The third-order valence-electron chi connectivity index (χ3n) is 1.77. The first-order valence-corrected chi connectivity index (χ1v) is 3.92. The number of carboxylic acid groups (broad SMARTS) is 1. The van der Waals surface area contributed by atoms with Crippen molar-refractivity contribution >= 4 is 12.0 Å². The summed E-state index contributed by atoms with van der Waals surface area (Å²) in [6.45, 7) is -0.243. The molecule has 1 aliphatic rings. The molecule has 14 heavy (non-hydrogen) atoms. The van der Waals surface area contributed by atoms with Gasteiger partial charge in [-0.3, -0.25) is 9.69 Å². The molecule has 1 rings (SSSR count). The minimum Gasteiger partial charge on any atom is -0.480 e. The molecule has 0 aromatic heterocycles. The van der Waals surface area contributed by atoms with Crippen LogP contribution < -0.4 is 11.1 Å². The smallest absolute Gasteiger partial charge is 0.323 e. The van der Waals surface area contributed by atoms with E-state index in [1.165, 1.54) is 12.3 Å². The predicted molar refractivity (Wildman–Crippen MR) is 46.0 cm³/mol. The SMILES string of the molecule is N[C@@H](CN1C(=O)NC=CC1O)C(=O)O. The van der Waals surface area contributed by atoms with Crippen molar-refractivity contribution in [3.8, 4) is 0 Å². The lowest BCUT2D eigenvalue weighted by Crippen LogP contribution is -2.53. The van der Waals surface area contributed by atoms with Gasteiger partial charge in [-0.25, -0.2) is 4.79 Å². The fourth-order valence-electron chi connectivity index (χ4n) is 0.993. The van der Waals surface area contributed by atoms with E-state index in [0.29, 0.717) is 0 Å². The van der Waals surface area contributed by atoms with E-state index in [1.54, 1.807) is 0 Å². The Morgan fingerprint density at radius 2 is 2.43 bits per heavy atom. The van der Waals surface area contributed by atoms with Crippen LogP contribution in [0.25, 0.3) is 0 Å². The largest absolute Gasteiger partial charge is 0.480 e. The summed E-state index contributed by atoms with van der Waals surface area (Å²) >= 11 is 0. The van der Waals surface area contributed by atoms with Crippen molar-refractivity contribution in [3.05, 3.63) is 12.3 Å². The monoisotopic (exact) mass is 201 g/mol. The molecule has 1 unspecified atom stereocenters. The van der Waals surface area contributed by atoms with Crippen molar-refractivity contribution in [2.75, 3.05) is 6.54 Å². The number of nitrogens with zero attached hydrogens (tertiary/aromatic N) is 1. The maximum Gasteiger partial charge on any atom is 0.323 e. The highest BCUT2D eigenvalue weighted by molar-refractivity contribution is 5.79. The molecule has 0 saturated carbocycles. The van der Waals surface area contributed by atoms with Crippen LogP contribution in [-0.4, -0.2) is 45.9 Å². The van der Waals surface area contributed by atoms with Crippen molar-refractivity contribution in [1.82, 2.24) is 10.2 Å². The summed E-state index contributed by atoms with van der Waals surface area (Å²) in [6.07, 6.45) is 1.47. The second-order valence-corrected chi connectivity index (χ2v) is 2.82. The molecule has 5 N–H and O–H groups in total. The van der Waals surface area contributed by atoms with Gasteiger partial charge in [-0.05, 0) is 6.08 Å². The van der Waals surface area contributed by atoms with E-state index in [2.05, 4.69) is 5.32 Å². The van der Waals surface area contributed by atoms with Crippen LogP contribution in [0.15, 0.2) is 12.3 Å². The van der Waals surface area contributed by atoms with Crippen molar-refractivity contribution in [3.63, 3.8) is 0 Å². The van der Waals surface area contributed by atoms with Crippen LogP contribution in [0.2, 0.25) is 0 Å². The predicted octanol–water partition coefficient (Wildman–Crippen LogP) is -1.74. The summed E-state index contributed by atoms with van der Waals surface area (Å²) in [5.41, 5.74) is 5.22. The molecule has 0 spiro atoms. The highest BCUT2D eigenvalue weighted by Crippen LogP contribution is 2.04. The molecule has 2 atom stereocenters. The molecule has 1 heterocycles. The third kappa shape index (κ3) is 2.21. The lowest BCUT2D eigenvalue weighted by Gasteiger charge is -2.29. The summed E-state index contributed by atoms with van der Waals surface area (Å²) in [7, 11) is 0. The Morgan fingerprint density at radius 3 is 2.93 bits per heavy atom. The number of carboxylic acids is 1. The molecular formula is C7H11N3O4. The molecule has 7 nitrogen and oxygen atoms in total. The van der Waals surface area contributed by atoms with Gasteiger partial charge >= 0.3 is 12.0 Å². The number of hydrogen-bond donors (Lipinski definition) is 4. The summed E-state index contributed by atoms with van der Waals surface area (Å²) in [5, 5.41) is 20.1. The molecule has 0 radical (unpaired) electrons. The second-order valence-electron chi connectivity index (χ2n) is 2.82. The number of aliphatic hydroxyl groups excluding tert-OH is 1. The molecule has 0 saturated heterocycles. The first-order valence-electron chi connectivity index (χ1n) is 3.92. The van der Waals surface area contributed by atoms with Crippen LogP contribution in [0.3, 0.4) is 0 Å². The number of nitrogens with two attached hydrogens (primary N) is 1. The minimum atomic E-state index is -1.22. The van der Waals surface area contributed by atoms with E-state index in [4.69, 9.17) is 10.8 Å². The number of carbonyl (C=O) groups is 2. The zero-order chi connectivity index (χ0) is 10.7. The molecule has 2 amide bonds. The van der Waals surface area contributed by atoms with Gasteiger partial charge in [0.1, 0.15) is 6.04 Å². The first-order chi connectivity index (χ1) is 6.52. The van der Waals surface area contributed by atoms with Gasteiger partial charge < -0.3 is 21.3 Å². The lowest BCUT2D eigenvalue weighted by atomic mass is 10.2. The standard InChI is InChI=1S/C7H11N3O4/c8-4(6(12)13)3-10-5(11)1-2-9-7(10)14/h1-2,4-5,11H,3,8H2,(H,9,14)(H,12,13)/t4-,5?/m0/s1. The topological polar surface area (TPSA) is 116 Å². The summed E-state index contributed by atoms with van der Waals surface area (Å²) < 4.78 is 0. The van der Waals surface area contributed by atoms with Gasteiger partial charge in [0.05, 0.1) is 6.54 Å². The van der Waals surface area contributed by atoms with E-state index in [-0.39, 0.29) is 6.54 Å². The molecular weight excluding hydrogens is 190 g/mol. The van der Waals surface area contributed by atoms with Gasteiger partial charge in [0.15, 0.2) is 6.23 Å². The molecule has 0 aromatic carbocycles. The normalized spacial score (nSPS) is 23.1. The van der Waals surface area contributed by atoms with Gasteiger partial charge in [0, 0.05) is 6.20 Å². The molecule has 0 bridgehead atoms. The number of rotatable bonds is 3. The Labute approximate surface area is 79.8 Å². The van der Waals surface area contributed by atoms with E-state index in [0.717, 1.165) is 4.90 Å². The minimum absolute atomic E-state index is 0.243. The third-order valence-corrected chi connectivity index (χ3v) is 1.77. The number of amides is 2. The zero-order valence-electron chi connectivity index (χ0n) is 7.25. The van der Waals surface area contributed by atoms with Crippen LogP contribution in [-0.2, 0) is 4.79 Å². The summed E-state index contributed by atoms with van der Waals surface area (Å²) in [5.74, 6) is -1.22. The maximum atomic E-state index is 11.1. The molecule has 78 valence electrons. The Balaban J connectivity index is 2.62. The number of aliphatic carboxylic acids is 1. The van der Waals surface area contributed by atoms with Crippen LogP contribution in [0.5, 0.6) is 0 Å². The second kappa shape index (κ2) is 4.07. The number of aliphatic hydroxyl groups is 1. The fraction of sp³-hybridized carbons (Fsp3) is 0.429. The molecule has 0 aromatic rings. The van der Waals surface area contributed by atoms with Gasteiger partial charge in [-0.1, -0.05) is 0 Å². The van der Waals surface area contributed by atoms with Crippen molar-refractivity contribution in [2.45, 2.75) is 12.3 Å². The van der Waals surface area contributed by atoms with Gasteiger partial charge in [0.2, 0.25) is 0 Å². The Hall–Kier alpha value is -1.60. The lowest BCUT2D eigenvalue weighted by molar-refractivity contribution is -0.139. The maximum absolute atomic E-state index is 11.1. The molecule has 1 aliphatic heterocycles. The van der Waals surface area contributed by atoms with Crippen LogP contribution in [0.4, 0.5) is 4.79 Å². The van der Waals surface area contributed by atoms with E-state index >= 15 is 0 Å². The molecule has 0 aliphatic carbocycles. The van der Waals surface area contributed by atoms with Crippen LogP contribution in [0.1, 0.15) is 0 Å². The van der Waals surface area contributed by atoms with Crippen molar-refractivity contribution < 1.29 is 19.8 Å². The van der Waals surface area contributed by atoms with Gasteiger partial charge in [0.25, 0.3) is 0 Å². The van der Waals surface area contributed by atoms with Crippen LogP contribution in [0, 0.1) is 0 Å². The highest BCUT2D eigenvalue weighted by Gasteiger charge is 2.26. The quantitative estimate of drug-likeness (QED) is 0.432. The van der Waals surface area contributed by atoms with E-state index in [1.807, 2.05) is 0 Å². The van der Waals surface area contributed by atoms with Crippen LogP contribution >= 0.6 is 0 Å². The fourth-order valence-corrected chi connectivity index (χ4v) is 0.993. The van der Waals surface area contributed by atoms with Gasteiger partial charge in [-0.15, -0.1) is 0 Å². The Bertz CT molecular complexity index is 278. The average Bonchev–Trinajstić information content (AvgIpc) is 2.11. The zero-order valence-corrected chi connectivity index (χ0v) is 7.25. The van der Waals surface area contributed by atoms with E-state index in [9.17, 15) is 14.7 Å². The number of hydrogen-bond acceptors (Lipinski definition) is 4.